The SMILES string of the molecule is CCOC(OC(=O)C1C2CC3C(OC(=O)C31)C2OC(=O)CN1CCOCC1)C1CCCCC1. The molecular formula is C24H35NO8. The maximum Gasteiger partial charge on any atom is 0.320 e. The Labute approximate surface area is 194 Å². The summed E-state index contributed by atoms with van der Waals surface area (Å²) in [5, 5.41) is 0. The lowest BCUT2D eigenvalue weighted by molar-refractivity contribution is -0.202. The zero-order chi connectivity index (χ0) is 22.9. The van der Waals surface area contributed by atoms with Crippen LogP contribution < -0.4 is 0 Å². The minimum absolute atomic E-state index is 0.0959. The van der Waals surface area contributed by atoms with E-state index in [0.717, 1.165) is 25.7 Å². The van der Waals surface area contributed by atoms with E-state index in [1.807, 2.05) is 11.8 Å². The third-order valence-corrected chi connectivity index (χ3v) is 8.14. The molecule has 7 atom stereocenters. The standard InChI is InChI=1S/C24H35NO8/c1-2-30-24(14-6-4-3-5-7-14)33-23(28)19-15-12-16-18(19)22(27)32-21(16)20(15)31-17(26)13-25-8-10-29-11-9-25/h14-16,18-21,24H,2-13H2,1H3. The van der Waals surface area contributed by atoms with E-state index in [4.69, 9.17) is 23.7 Å². The summed E-state index contributed by atoms with van der Waals surface area (Å²) in [6.07, 6.45) is 4.37. The number of morpholine rings is 1. The van der Waals surface area contributed by atoms with E-state index in [9.17, 15) is 14.4 Å². The number of hydrogen-bond donors (Lipinski definition) is 0. The van der Waals surface area contributed by atoms with E-state index >= 15 is 0 Å². The largest absolute Gasteiger partial charge is 0.458 e. The Morgan fingerprint density at radius 2 is 1.88 bits per heavy atom. The first-order valence-electron chi connectivity index (χ1n) is 12.6. The molecule has 5 rings (SSSR count). The fraction of sp³-hybridized carbons (Fsp3) is 0.875. The summed E-state index contributed by atoms with van der Waals surface area (Å²) >= 11 is 0. The number of nitrogens with zero attached hydrogens (tertiary/aromatic N) is 1. The lowest BCUT2D eigenvalue weighted by atomic mass is 9.78. The van der Waals surface area contributed by atoms with Gasteiger partial charge in [0.2, 0.25) is 6.29 Å². The van der Waals surface area contributed by atoms with E-state index in [1.165, 1.54) is 6.42 Å². The van der Waals surface area contributed by atoms with E-state index < -0.39 is 36.3 Å². The fourth-order valence-electron chi connectivity index (χ4n) is 6.63. The first-order valence-corrected chi connectivity index (χ1v) is 12.6. The molecule has 5 aliphatic rings. The molecule has 3 saturated carbocycles. The molecule has 0 radical (unpaired) electrons. The van der Waals surface area contributed by atoms with Crippen LogP contribution in [0.25, 0.3) is 0 Å². The average Bonchev–Trinajstić information content (AvgIpc) is 3.44. The molecule has 0 aromatic carbocycles. The number of hydrogen-bond acceptors (Lipinski definition) is 9. The van der Waals surface area contributed by atoms with Crippen LogP contribution in [0.15, 0.2) is 0 Å². The molecule has 0 spiro atoms. The second-order valence-electron chi connectivity index (χ2n) is 10.0. The van der Waals surface area contributed by atoms with Crippen molar-refractivity contribution in [1.82, 2.24) is 4.90 Å². The average molecular weight is 466 g/mol. The zero-order valence-electron chi connectivity index (χ0n) is 19.3. The molecule has 2 aliphatic heterocycles. The maximum atomic E-state index is 13.4. The van der Waals surface area contributed by atoms with Gasteiger partial charge in [0.1, 0.15) is 12.2 Å². The lowest BCUT2D eigenvalue weighted by Crippen LogP contribution is -2.47. The smallest absolute Gasteiger partial charge is 0.320 e. The van der Waals surface area contributed by atoms with Crippen molar-refractivity contribution in [2.75, 3.05) is 39.5 Å². The van der Waals surface area contributed by atoms with Gasteiger partial charge in [0, 0.05) is 37.5 Å². The maximum absolute atomic E-state index is 13.4. The molecule has 0 aromatic rings. The summed E-state index contributed by atoms with van der Waals surface area (Å²) in [6.45, 7) is 5.08. The Morgan fingerprint density at radius 3 is 2.61 bits per heavy atom. The molecule has 3 aliphatic carbocycles. The molecule has 0 amide bonds. The predicted octanol–water partition coefficient (Wildman–Crippen LogP) is 1.52. The van der Waals surface area contributed by atoms with Crippen molar-refractivity contribution in [2.24, 2.45) is 29.6 Å². The van der Waals surface area contributed by atoms with E-state index in [-0.39, 0.29) is 36.2 Å². The van der Waals surface area contributed by atoms with Gasteiger partial charge >= 0.3 is 17.9 Å². The highest BCUT2D eigenvalue weighted by Gasteiger charge is 2.70. The van der Waals surface area contributed by atoms with Crippen LogP contribution in [0.1, 0.15) is 45.4 Å². The van der Waals surface area contributed by atoms with Crippen LogP contribution in [0.5, 0.6) is 0 Å². The van der Waals surface area contributed by atoms with Crippen LogP contribution in [-0.2, 0) is 38.1 Å². The van der Waals surface area contributed by atoms with Gasteiger partial charge < -0.3 is 23.7 Å². The molecule has 5 fully saturated rings. The molecule has 0 N–H and O–H groups in total. The minimum Gasteiger partial charge on any atom is -0.458 e. The van der Waals surface area contributed by atoms with Gasteiger partial charge in [-0.05, 0) is 26.2 Å². The predicted molar refractivity (Wildman–Crippen MR) is 114 cm³/mol. The van der Waals surface area contributed by atoms with E-state index in [2.05, 4.69) is 0 Å². The summed E-state index contributed by atoms with van der Waals surface area (Å²) in [6, 6.07) is 0. The Kier molecular flexibility index (Phi) is 6.90. The third-order valence-electron chi connectivity index (χ3n) is 8.14. The molecule has 7 unspecified atom stereocenters. The van der Waals surface area contributed by atoms with Gasteiger partial charge in [-0.2, -0.15) is 0 Å². The first-order chi connectivity index (χ1) is 16.1. The molecule has 33 heavy (non-hydrogen) atoms. The van der Waals surface area contributed by atoms with Crippen LogP contribution in [0.4, 0.5) is 0 Å². The summed E-state index contributed by atoms with van der Waals surface area (Å²) in [5.74, 6) is -2.45. The molecule has 0 aromatic heterocycles. The third kappa shape index (κ3) is 4.51. The van der Waals surface area contributed by atoms with Crippen molar-refractivity contribution in [1.29, 1.82) is 0 Å². The molecule has 2 bridgehead atoms. The van der Waals surface area contributed by atoms with Gasteiger partial charge in [-0.1, -0.05) is 19.3 Å². The van der Waals surface area contributed by atoms with Gasteiger partial charge in [-0.25, -0.2) is 0 Å². The molecule has 184 valence electrons. The van der Waals surface area contributed by atoms with Gasteiger partial charge in [0.25, 0.3) is 0 Å². The fourth-order valence-corrected chi connectivity index (χ4v) is 6.63. The summed E-state index contributed by atoms with van der Waals surface area (Å²) in [5.41, 5.74) is 0. The highest BCUT2D eigenvalue weighted by Crippen LogP contribution is 2.59. The van der Waals surface area contributed by atoms with Crippen LogP contribution in [-0.4, -0.2) is 80.8 Å². The summed E-state index contributed by atoms with van der Waals surface area (Å²) < 4.78 is 28.5. The molecule has 2 heterocycles. The van der Waals surface area contributed by atoms with Crippen molar-refractivity contribution in [3.63, 3.8) is 0 Å². The topological polar surface area (TPSA) is 101 Å². The Morgan fingerprint density at radius 1 is 1.12 bits per heavy atom. The van der Waals surface area contributed by atoms with E-state index in [1.54, 1.807) is 0 Å². The first kappa shape index (κ1) is 23.1. The Balaban J connectivity index is 1.26. The van der Waals surface area contributed by atoms with Gasteiger partial charge in [0.15, 0.2) is 0 Å². The van der Waals surface area contributed by atoms with Crippen molar-refractivity contribution in [3.05, 3.63) is 0 Å². The Hall–Kier alpha value is -1.71. The number of rotatable bonds is 8. The van der Waals surface area contributed by atoms with Gasteiger partial charge in [-0.15, -0.1) is 0 Å². The molecule has 2 saturated heterocycles. The number of esters is 3. The second-order valence-corrected chi connectivity index (χ2v) is 10.0. The summed E-state index contributed by atoms with van der Waals surface area (Å²) in [4.78, 5) is 40.7. The quantitative estimate of drug-likeness (QED) is 0.300. The number of ether oxygens (including phenoxy) is 5. The molecular weight excluding hydrogens is 430 g/mol. The van der Waals surface area contributed by atoms with Crippen LogP contribution >= 0.6 is 0 Å². The van der Waals surface area contributed by atoms with E-state index in [0.29, 0.717) is 39.3 Å². The minimum atomic E-state index is -0.644. The van der Waals surface area contributed by atoms with Crippen molar-refractivity contribution in [3.8, 4) is 0 Å². The zero-order valence-corrected chi connectivity index (χ0v) is 19.3. The molecule has 9 nitrogen and oxygen atoms in total. The van der Waals surface area contributed by atoms with Crippen LogP contribution in [0, 0.1) is 29.6 Å². The van der Waals surface area contributed by atoms with Crippen molar-refractivity contribution < 1.29 is 38.1 Å². The normalized spacial score (nSPS) is 37.1. The monoisotopic (exact) mass is 465 g/mol. The van der Waals surface area contributed by atoms with Crippen LogP contribution in [0.2, 0.25) is 0 Å². The number of carbonyl (C=O) groups excluding carboxylic acids is 3. The highest BCUT2D eigenvalue weighted by molar-refractivity contribution is 5.86. The van der Waals surface area contributed by atoms with Crippen molar-refractivity contribution >= 4 is 17.9 Å². The summed E-state index contributed by atoms with van der Waals surface area (Å²) in [7, 11) is 0. The lowest BCUT2D eigenvalue weighted by Gasteiger charge is -2.34. The van der Waals surface area contributed by atoms with Crippen LogP contribution in [0.3, 0.4) is 0 Å². The number of fused-ring (bicyclic) bond motifs is 1. The van der Waals surface area contributed by atoms with Gasteiger partial charge in [-0.3, -0.25) is 19.3 Å². The Bertz CT molecular complexity index is 747. The number of carbonyl (C=O) groups is 3. The van der Waals surface area contributed by atoms with Gasteiger partial charge in [0.05, 0.1) is 31.6 Å². The highest BCUT2D eigenvalue weighted by atomic mass is 16.7. The molecule has 9 heteroatoms. The second kappa shape index (κ2) is 9.88. The van der Waals surface area contributed by atoms with Crippen molar-refractivity contribution in [2.45, 2.75) is 63.9 Å².